The molecule has 0 aliphatic heterocycles. The fraction of sp³-hybridized carbons (Fsp3) is 0.200. The maximum absolute atomic E-state index is 13.5. The Morgan fingerprint density at radius 3 is 2.70 bits per heavy atom. The van der Waals surface area contributed by atoms with Crippen LogP contribution in [0.2, 0.25) is 0 Å². The van der Waals surface area contributed by atoms with Crippen LogP contribution in [0.5, 0.6) is 0 Å². The minimum Gasteiger partial charge on any atom is -0.362 e. The number of benzene rings is 1. The second kappa shape index (κ2) is 6.14. The van der Waals surface area contributed by atoms with Crippen molar-refractivity contribution in [2.45, 2.75) is 6.54 Å². The van der Waals surface area contributed by atoms with Crippen molar-refractivity contribution in [3.8, 4) is 0 Å². The van der Waals surface area contributed by atoms with Gasteiger partial charge in [-0.2, -0.15) is 0 Å². The Hall–Kier alpha value is -2.43. The molecule has 0 aliphatic rings. The molecule has 0 saturated heterocycles. The van der Waals surface area contributed by atoms with E-state index in [-0.39, 0.29) is 5.56 Å². The number of aromatic nitrogens is 1. The van der Waals surface area contributed by atoms with Gasteiger partial charge in [-0.3, -0.25) is 4.79 Å². The zero-order valence-electron chi connectivity index (χ0n) is 11.4. The smallest absolute Gasteiger partial charge is 0.254 e. The van der Waals surface area contributed by atoms with Crippen molar-refractivity contribution < 1.29 is 9.18 Å². The molecule has 1 aromatic heterocycles. The second-order valence-electron chi connectivity index (χ2n) is 4.54. The van der Waals surface area contributed by atoms with E-state index in [4.69, 9.17) is 0 Å². The summed E-state index contributed by atoms with van der Waals surface area (Å²) in [6.45, 7) is 0.300. The molecule has 4 nitrogen and oxygen atoms in total. The van der Waals surface area contributed by atoms with Gasteiger partial charge in [0.1, 0.15) is 11.6 Å². The normalized spacial score (nSPS) is 10.2. The maximum Gasteiger partial charge on any atom is 0.254 e. The summed E-state index contributed by atoms with van der Waals surface area (Å²) < 4.78 is 13.5. The van der Waals surface area contributed by atoms with Gasteiger partial charge in [0.05, 0.1) is 5.56 Å². The van der Waals surface area contributed by atoms with Crippen LogP contribution in [0.15, 0.2) is 42.6 Å². The molecular formula is C15H16FN3O. The van der Waals surface area contributed by atoms with E-state index < -0.39 is 11.7 Å². The fourth-order valence-corrected chi connectivity index (χ4v) is 1.89. The third kappa shape index (κ3) is 3.12. The fourth-order valence-electron chi connectivity index (χ4n) is 1.89. The van der Waals surface area contributed by atoms with Gasteiger partial charge in [-0.15, -0.1) is 0 Å². The first kappa shape index (κ1) is 14.0. The molecular weight excluding hydrogens is 257 g/mol. The molecule has 0 atom stereocenters. The molecule has 0 spiro atoms. The van der Waals surface area contributed by atoms with Crippen molar-refractivity contribution in [3.63, 3.8) is 0 Å². The Bertz CT molecular complexity index is 614. The summed E-state index contributed by atoms with van der Waals surface area (Å²) in [5.74, 6) is -0.179. The van der Waals surface area contributed by atoms with Crippen LogP contribution in [0.25, 0.3) is 0 Å². The molecule has 2 rings (SSSR count). The van der Waals surface area contributed by atoms with Crippen molar-refractivity contribution >= 4 is 11.7 Å². The molecule has 1 N–H and O–H groups in total. The molecule has 0 saturated carbocycles. The zero-order chi connectivity index (χ0) is 14.5. The molecule has 20 heavy (non-hydrogen) atoms. The highest BCUT2D eigenvalue weighted by Gasteiger charge is 2.12. The summed E-state index contributed by atoms with van der Waals surface area (Å²) in [7, 11) is 3.76. The van der Waals surface area contributed by atoms with Gasteiger partial charge in [0.15, 0.2) is 0 Å². The topological polar surface area (TPSA) is 45.2 Å². The van der Waals surface area contributed by atoms with Crippen molar-refractivity contribution in [3.05, 3.63) is 59.5 Å². The first-order valence-corrected chi connectivity index (χ1v) is 6.23. The summed E-state index contributed by atoms with van der Waals surface area (Å²) in [6.07, 6.45) is 1.69. The molecule has 0 aliphatic carbocycles. The second-order valence-corrected chi connectivity index (χ2v) is 4.54. The van der Waals surface area contributed by atoms with Gasteiger partial charge in [0, 0.05) is 32.4 Å². The van der Waals surface area contributed by atoms with Crippen LogP contribution >= 0.6 is 0 Å². The van der Waals surface area contributed by atoms with Gasteiger partial charge in [0.2, 0.25) is 0 Å². The summed E-state index contributed by atoms with van der Waals surface area (Å²) in [5, 5.41) is 2.71. The highest BCUT2D eigenvalue weighted by Crippen LogP contribution is 2.14. The van der Waals surface area contributed by atoms with E-state index in [1.54, 1.807) is 24.4 Å². The molecule has 5 heteroatoms. The number of hydrogen-bond acceptors (Lipinski definition) is 3. The first-order valence-electron chi connectivity index (χ1n) is 6.23. The summed E-state index contributed by atoms with van der Waals surface area (Å²) in [6, 6.07) is 9.59. The number of amides is 1. The number of pyridine rings is 1. The number of hydrogen-bond donors (Lipinski definition) is 1. The van der Waals surface area contributed by atoms with Crippen molar-refractivity contribution in [1.29, 1.82) is 0 Å². The number of nitrogens with zero attached hydrogens (tertiary/aromatic N) is 2. The molecule has 0 radical (unpaired) electrons. The SMILES string of the molecule is CN(C)c1ncccc1CNC(=O)c1ccccc1F. The van der Waals surface area contributed by atoms with Crippen molar-refractivity contribution in [1.82, 2.24) is 10.3 Å². The van der Waals surface area contributed by atoms with E-state index in [1.807, 2.05) is 25.1 Å². The number of carbonyl (C=O) groups excluding carboxylic acids is 1. The third-order valence-corrected chi connectivity index (χ3v) is 2.85. The zero-order valence-corrected chi connectivity index (χ0v) is 11.4. The lowest BCUT2D eigenvalue weighted by molar-refractivity contribution is 0.0947. The Kier molecular flexibility index (Phi) is 4.30. The Morgan fingerprint density at radius 2 is 2.00 bits per heavy atom. The van der Waals surface area contributed by atoms with Crippen molar-refractivity contribution in [2.24, 2.45) is 0 Å². The largest absolute Gasteiger partial charge is 0.362 e. The predicted molar refractivity (Wildman–Crippen MR) is 76.1 cm³/mol. The number of nitrogens with one attached hydrogen (secondary N) is 1. The minimum absolute atomic E-state index is 0.0443. The van der Waals surface area contributed by atoms with E-state index in [9.17, 15) is 9.18 Å². The highest BCUT2D eigenvalue weighted by molar-refractivity contribution is 5.94. The Labute approximate surface area is 117 Å². The van der Waals surface area contributed by atoms with Gasteiger partial charge < -0.3 is 10.2 Å². The molecule has 2 aromatic rings. The van der Waals surface area contributed by atoms with Crippen LogP contribution in [-0.4, -0.2) is 25.0 Å². The van der Waals surface area contributed by atoms with E-state index in [2.05, 4.69) is 10.3 Å². The van der Waals surface area contributed by atoms with Crippen LogP contribution in [0.3, 0.4) is 0 Å². The van der Waals surface area contributed by atoms with Gasteiger partial charge in [0.25, 0.3) is 5.91 Å². The highest BCUT2D eigenvalue weighted by atomic mass is 19.1. The Balaban J connectivity index is 2.10. The summed E-state index contributed by atoms with van der Waals surface area (Å²) >= 11 is 0. The lowest BCUT2D eigenvalue weighted by atomic mass is 10.2. The molecule has 0 bridgehead atoms. The van der Waals surface area contributed by atoms with E-state index in [0.717, 1.165) is 11.4 Å². The number of carbonyl (C=O) groups is 1. The molecule has 1 heterocycles. The van der Waals surface area contributed by atoms with Crippen LogP contribution in [-0.2, 0) is 6.54 Å². The van der Waals surface area contributed by atoms with Crippen molar-refractivity contribution in [2.75, 3.05) is 19.0 Å². The number of anilines is 1. The van der Waals surface area contributed by atoms with Gasteiger partial charge in [-0.05, 0) is 18.2 Å². The van der Waals surface area contributed by atoms with Crippen LogP contribution < -0.4 is 10.2 Å². The first-order chi connectivity index (χ1) is 9.59. The quantitative estimate of drug-likeness (QED) is 0.929. The standard InChI is InChI=1S/C15H16FN3O/c1-19(2)14-11(6-5-9-17-14)10-18-15(20)12-7-3-4-8-13(12)16/h3-9H,10H2,1-2H3,(H,18,20). The third-order valence-electron chi connectivity index (χ3n) is 2.85. The number of rotatable bonds is 4. The van der Waals surface area contributed by atoms with Gasteiger partial charge in [-0.1, -0.05) is 18.2 Å². The molecule has 0 fully saturated rings. The van der Waals surface area contributed by atoms with Crippen LogP contribution in [0.4, 0.5) is 10.2 Å². The van der Waals surface area contributed by atoms with E-state index >= 15 is 0 Å². The van der Waals surface area contributed by atoms with Crippen LogP contribution in [0.1, 0.15) is 15.9 Å². The molecule has 0 unspecified atom stereocenters. The van der Waals surface area contributed by atoms with E-state index in [1.165, 1.54) is 12.1 Å². The average Bonchev–Trinajstić information content (AvgIpc) is 2.45. The number of halogens is 1. The molecule has 104 valence electrons. The predicted octanol–water partition coefficient (Wildman–Crippen LogP) is 2.22. The maximum atomic E-state index is 13.5. The average molecular weight is 273 g/mol. The lowest BCUT2D eigenvalue weighted by Crippen LogP contribution is -2.25. The summed E-state index contributed by atoms with van der Waals surface area (Å²) in [5.41, 5.74) is 0.921. The van der Waals surface area contributed by atoms with Crippen LogP contribution in [0, 0.1) is 5.82 Å². The summed E-state index contributed by atoms with van der Waals surface area (Å²) in [4.78, 5) is 18.0. The van der Waals surface area contributed by atoms with E-state index in [0.29, 0.717) is 6.54 Å². The minimum atomic E-state index is -0.524. The monoisotopic (exact) mass is 273 g/mol. The lowest BCUT2D eigenvalue weighted by Gasteiger charge is -2.16. The van der Waals surface area contributed by atoms with Gasteiger partial charge in [-0.25, -0.2) is 9.37 Å². The van der Waals surface area contributed by atoms with Gasteiger partial charge >= 0.3 is 0 Å². The Morgan fingerprint density at radius 1 is 1.25 bits per heavy atom. The molecule has 1 amide bonds. The molecule has 1 aromatic carbocycles.